The lowest BCUT2D eigenvalue weighted by atomic mass is 9.86. The summed E-state index contributed by atoms with van der Waals surface area (Å²) in [7, 11) is 0. The smallest absolute Gasteiger partial charge is 0.394 e. The maximum absolute atomic E-state index is 12.9. The SMILES string of the molecule is N[C@@H]1CN(C(=O)C(=O)O)CC[C@H]1c1ccc(F)cc1. The van der Waals surface area contributed by atoms with E-state index in [0.29, 0.717) is 13.0 Å². The van der Waals surface area contributed by atoms with Gasteiger partial charge in [-0.3, -0.25) is 4.79 Å². The van der Waals surface area contributed by atoms with Gasteiger partial charge in [0.15, 0.2) is 0 Å². The first-order chi connectivity index (χ1) is 8.99. The lowest BCUT2D eigenvalue weighted by Crippen LogP contribution is -2.51. The minimum absolute atomic E-state index is 0.0124. The van der Waals surface area contributed by atoms with Crippen LogP contribution in [0.3, 0.4) is 0 Å². The number of benzene rings is 1. The Morgan fingerprint density at radius 2 is 1.95 bits per heavy atom. The van der Waals surface area contributed by atoms with Crippen LogP contribution in [-0.2, 0) is 9.59 Å². The number of carbonyl (C=O) groups is 2. The number of nitrogens with zero attached hydrogens (tertiary/aromatic N) is 1. The number of hydrogen-bond acceptors (Lipinski definition) is 3. The number of nitrogens with two attached hydrogens (primary N) is 1. The van der Waals surface area contributed by atoms with Crippen molar-refractivity contribution in [2.45, 2.75) is 18.4 Å². The van der Waals surface area contributed by atoms with Gasteiger partial charge in [-0.15, -0.1) is 0 Å². The summed E-state index contributed by atoms with van der Waals surface area (Å²) in [6, 6.07) is 5.75. The Morgan fingerprint density at radius 1 is 1.32 bits per heavy atom. The summed E-state index contributed by atoms with van der Waals surface area (Å²) < 4.78 is 12.9. The van der Waals surface area contributed by atoms with Crippen LogP contribution in [0.1, 0.15) is 17.9 Å². The average Bonchev–Trinajstić information content (AvgIpc) is 2.39. The van der Waals surface area contributed by atoms with Crippen LogP contribution in [0.5, 0.6) is 0 Å². The van der Waals surface area contributed by atoms with Crippen LogP contribution in [0, 0.1) is 5.82 Å². The zero-order valence-electron chi connectivity index (χ0n) is 10.3. The zero-order valence-corrected chi connectivity index (χ0v) is 10.3. The molecule has 1 fully saturated rings. The molecular formula is C13H15FN2O3. The number of likely N-dealkylation sites (tertiary alicyclic amines) is 1. The fraction of sp³-hybridized carbons (Fsp3) is 0.385. The molecular weight excluding hydrogens is 251 g/mol. The first-order valence-corrected chi connectivity index (χ1v) is 6.02. The van der Waals surface area contributed by atoms with Gasteiger partial charge in [-0.2, -0.15) is 0 Å². The summed E-state index contributed by atoms with van der Waals surface area (Å²) >= 11 is 0. The molecule has 1 aromatic carbocycles. The van der Waals surface area contributed by atoms with E-state index < -0.39 is 11.9 Å². The number of aliphatic carboxylic acids is 1. The van der Waals surface area contributed by atoms with E-state index in [1.807, 2.05) is 0 Å². The molecule has 1 aliphatic heterocycles. The van der Waals surface area contributed by atoms with Crippen LogP contribution >= 0.6 is 0 Å². The predicted molar refractivity (Wildman–Crippen MR) is 65.9 cm³/mol. The highest BCUT2D eigenvalue weighted by atomic mass is 19.1. The molecule has 0 unspecified atom stereocenters. The standard InChI is InChI=1S/C13H15FN2O3/c14-9-3-1-8(2-4-9)10-5-6-16(7-11(10)15)12(17)13(18)19/h1-4,10-11H,5-7,15H2,(H,18,19)/t10-,11+/m0/s1. The summed E-state index contributed by atoms with van der Waals surface area (Å²) in [4.78, 5) is 23.2. The Bertz CT molecular complexity index is 489. The Kier molecular flexibility index (Phi) is 3.80. The third kappa shape index (κ3) is 2.90. The number of carbonyl (C=O) groups excluding carboxylic acids is 1. The van der Waals surface area contributed by atoms with Crippen molar-refractivity contribution in [3.8, 4) is 0 Å². The summed E-state index contributed by atoms with van der Waals surface area (Å²) in [5, 5.41) is 8.66. The summed E-state index contributed by atoms with van der Waals surface area (Å²) in [5.41, 5.74) is 6.91. The number of amides is 1. The van der Waals surface area contributed by atoms with E-state index in [-0.39, 0.29) is 24.3 Å². The number of piperidine rings is 1. The summed E-state index contributed by atoms with van der Waals surface area (Å²) in [5.74, 6) is -2.69. The molecule has 1 amide bonds. The molecule has 5 nitrogen and oxygen atoms in total. The van der Waals surface area contributed by atoms with Gasteiger partial charge in [0.25, 0.3) is 0 Å². The average molecular weight is 266 g/mol. The second kappa shape index (κ2) is 5.36. The first kappa shape index (κ1) is 13.5. The van der Waals surface area contributed by atoms with Gasteiger partial charge in [0.05, 0.1) is 0 Å². The topological polar surface area (TPSA) is 83.6 Å². The van der Waals surface area contributed by atoms with Crippen molar-refractivity contribution in [1.82, 2.24) is 4.90 Å². The molecule has 1 aromatic rings. The van der Waals surface area contributed by atoms with Gasteiger partial charge >= 0.3 is 11.9 Å². The number of halogens is 1. The maximum atomic E-state index is 12.9. The van der Waals surface area contributed by atoms with Crippen LogP contribution in [0.15, 0.2) is 24.3 Å². The molecule has 1 saturated heterocycles. The second-order valence-corrected chi connectivity index (χ2v) is 4.67. The normalized spacial score (nSPS) is 23.2. The highest BCUT2D eigenvalue weighted by Crippen LogP contribution is 2.27. The Balaban J connectivity index is 2.06. The van der Waals surface area contributed by atoms with E-state index in [9.17, 15) is 14.0 Å². The first-order valence-electron chi connectivity index (χ1n) is 6.02. The van der Waals surface area contributed by atoms with Crippen molar-refractivity contribution in [3.05, 3.63) is 35.6 Å². The van der Waals surface area contributed by atoms with Gasteiger partial charge in [0, 0.05) is 25.0 Å². The van der Waals surface area contributed by atoms with E-state index in [2.05, 4.69) is 0 Å². The number of carboxylic acids is 1. The molecule has 0 saturated carbocycles. The van der Waals surface area contributed by atoms with Crippen LogP contribution in [-0.4, -0.2) is 41.0 Å². The molecule has 1 heterocycles. The third-order valence-electron chi connectivity index (χ3n) is 3.43. The Morgan fingerprint density at radius 3 is 2.47 bits per heavy atom. The molecule has 6 heteroatoms. The number of rotatable bonds is 1. The van der Waals surface area contributed by atoms with Gasteiger partial charge in [0.1, 0.15) is 5.82 Å². The van der Waals surface area contributed by atoms with E-state index in [1.54, 1.807) is 12.1 Å². The molecule has 0 spiro atoms. The minimum atomic E-state index is -1.47. The largest absolute Gasteiger partial charge is 0.474 e. The van der Waals surface area contributed by atoms with Crippen LogP contribution in [0.2, 0.25) is 0 Å². The van der Waals surface area contributed by atoms with Gasteiger partial charge < -0.3 is 15.7 Å². The quantitative estimate of drug-likeness (QED) is 0.727. The molecule has 2 atom stereocenters. The van der Waals surface area contributed by atoms with Crippen molar-refractivity contribution < 1.29 is 19.1 Å². The third-order valence-corrected chi connectivity index (χ3v) is 3.43. The van der Waals surface area contributed by atoms with Gasteiger partial charge in [0.2, 0.25) is 0 Å². The van der Waals surface area contributed by atoms with Crippen molar-refractivity contribution in [1.29, 1.82) is 0 Å². The van der Waals surface area contributed by atoms with Crippen molar-refractivity contribution in [2.75, 3.05) is 13.1 Å². The highest BCUT2D eigenvalue weighted by molar-refractivity contribution is 6.31. The van der Waals surface area contributed by atoms with E-state index >= 15 is 0 Å². The molecule has 0 aliphatic carbocycles. The van der Waals surface area contributed by atoms with Crippen LogP contribution in [0.25, 0.3) is 0 Å². The maximum Gasteiger partial charge on any atom is 0.394 e. The molecule has 3 N–H and O–H groups in total. The molecule has 19 heavy (non-hydrogen) atoms. The Labute approximate surface area is 109 Å². The van der Waals surface area contributed by atoms with Gasteiger partial charge in [-0.1, -0.05) is 12.1 Å². The van der Waals surface area contributed by atoms with Crippen LogP contribution < -0.4 is 5.73 Å². The highest BCUT2D eigenvalue weighted by Gasteiger charge is 2.32. The fourth-order valence-electron chi connectivity index (χ4n) is 2.43. The summed E-state index contributed by atoms with van der Waals surface area (Å²) in [6.07, 6.45) is 0.575. The molecule has 1 aliphatic rings. The molecule has 2 rings (SSSR count). The number of hydrogen-bond donors (Lipinski definition) is 2. The molecule has 102 valence electrons. The fourth-order valence-corrected chi connectivity index (χ4v) is 2.43. The second-order valence-electron chi connectivity index (χ2n) is 4.67. The van der Waals surface area contributed by atoms with Crippen molar-refractivity contribution in [2.24, 2.45) is 5.73 Å². The van der Waals surface area contributed by atoms with Gasteiger partial charge in [-0.25, -0.2) is 9.18 Å². The Hall–Kier alpha value is -1.95. The van der Waals surface area contributed by atoms with E-state index in [0.717, 1.165) is 5.56 Å². The minimum Gasteiger partial charge on any atom is -0.474 e. The summed E-state index contributed by atoms with van der Waals surface area (Å²) in [6.45, 7) is 0.550. The lowest BCUT2D eigenvalue weighted by Gasteiger charge is -2.36. The predicted octanol–water partition coefficient (Wildman–Crippen LogP) is 0.554. The van der Waals surface area contributed by atoms with Crippen LogP contribution in [0.4, 0.5) is 4.39 Å². The monoisotopic (exact) mass is 266 g/mol. The van der Waals surface area contributed by atoms with E-state index in [1.165, 1.54) is 17.0 Å². The van der Waals surface area contributed by atoms with Crippen molar-refractivity contribution in [3.63, 3.8) is 0 Å². The molecule has 0 bridgehead atoms. The molecule has 0 radical (unpaired) electrons. The zero-order chi connectivity index (χ0) is 14.0. The van der Waals surface area contributed by atoms with Crippen molar-refractivity contribution >= 4 is 11.9 Å². The lowest BCUT2D eigenvalue weighted by molar-refractivity contribution is -0.156. The number of carboxylic acid groups (broad SMARTS) is 1. The van der Waals surface area contributed by atoms with Gasteiger partial charge in [-0.05, 0) is 24.1 Å². The molecule has 0 aromatic heterocycles. The van der Waals surface area contributed by atoms with E-state index in [4.69, 9.17) is 10.8 Å².